The van der Waals surface area contributed by atoms with E-state index in [4.69, 9.17) is 20.2 Å². The lowest BCUT2D eigenvalue weighted by Gasteiger charge is -2.21. The molecule has 3 aliphatic rings. The van der Waals surface area contributed by atoms with E-state index in [1.54, 1.807) is 12.1 Å². The Balaban J connectivity index is 1.40. The van der Waals surface area contributed by atoms with Gasteiger partial charge in [0.2, 0.25) is 0 Å². The SMILES string of the molecule is N[C@H]1COc2cc(-c3ccc4nc5n(c4c3)[C@@H]3C[C@H]5NC(=O)c4cccc(OC(F)F)c43)ccc21. The number of amides is 1. The molecule has 0 aliphatic carbocycles. The highest BCUT2D eigenvalue weighted by atomic mass is 19.3. The molecule has 35 heavy (non-hydrogen) atoms. The number of carbonyl (C=O) groups is 1. The first-order valence-corrected chi connectivity index (χ1v) is 11.4. The van der Waals surface area contributed by atoms with Gasteiger partial charge in [0.1, 0.15) is 23.9 Å². The van der Waals surface area contributed by atoms with E-state index in [1.807, 2.05) is 41.0 Å². The van der Waals surface area contributed by atoms with E-state index in [0.717, 1.165) is 33.5 Å². The summed E-state index contributed by atoms with van der Waals surface area (Å²) in [7, 11) is 0. The van der Waals surface area contributed by atoms with Gasteiger partial charge in [0.25, 0.3) is 5.91 Å². The second-order valence-corrected chi connectivity index (χ2v) is 9.09. The molecule has 0 spiro atoms. The summed E-state index contributed by atoms with van der Waals surface area (Å²) >= 11 is 0. The molecule has 9 heteroatoms. The number of imidazole rings is 1. The maximum atomic E-state index is 13.2. The van der Waals surface area contributed by atoms with Gasteiger partial charge in [-0.1, -0.05) is 24.3 Å². The summed E-state index contributed by atoms with van der Waals surface area (Å²) in [5.41, 5.74) is 11.4. The quantitative estimate of drug-likeness (QED) is 0.457. The molecule has 0 fully saturated rings. The van der Waals surface area contributed by atoms with Gasteiger partial charge in [-0.05, 0) is 47.9 Å². The van der Waals surface area contributed by atoms with E-state index in [9.17, 15) is 13.6 Å². The van der Waals surface area contributed by atoms with Gasteiger partial charge in [0, 0.05) is 16.7 Å². The number of hydrogen-bond donors (Lipinski definition) is 2. The third-order valence-corrected chi connectivity index (χ3v) is 7.13. The van der Waals surface area contributed by atoms with E-state index in [-0.39, 0.29) is 29.8 Å². The number of fused-ring (bicyclic) bond motifs is 10. The summed E-state index contributed by atoms with van der Waals surface area (Å²) in [5.74, 6) is 1.18. The molecule has 4 heterocycles. The monoisotopic (exact) mass is 474 g/mol. The van der Waals surface area contributed by atoms with Gasteiger partial charge in [0.05, 0.1) is 29.2 Å². The van der Waals surface area contributed by atoms with Crippen LogP contribution in [0.1, 0.15) is 51.9 Å². The van der Waals surface area contributed by atoms with Crippen molar-refractivity contribution >= 4 is 16.9 Å². The first kappa shape index (κ1) is 20.4. The van der Waals surface area contributed by atoms with Crippen molar-refractivity contribution in [3.05, 3.63) is 77.1 Å². The third-order valence-electron chi connectivity index (χ3n) is 7.13. The zero-order valence-electron chi connectivity index (χ0n) is 18.4. The highest BCUT2D eigenvalue weighted by Crippen LogP contribution is 2.48. The van der Waals surface area contributed by atoms with Crippen LogP contribution in [0.15, 0.2) is 54.6 Å². The number of benzene rings is 3. The Kier molecular flexibility index (Phi) is 4.23. The maximum absolute atomic E-state index is 13.2. The number of rotatable bonds is 3. The largest absolute Gasteiger partial charge is 0.491 e. The van der Waals surface area contributed by atoms with Crippen LogP contribution >= 0.6 is 0 Å². The predicted molar refractivity (Wildman–Crippen MR) is 124 cm³/mol. The lowest BCUT2D eigenvalue weighted by Crippen LogP contribution is -2.28. The summed E-state index contributed by atoms with van der Waals surface area (Å²) in [5, 5.41) is 3.01. The molecule has 7 nitrogen and oxygen atoms in total. The van der Waals surface area contributed by atoms with Gasteiger partial charge >= 0.3 is 6.61 Å². The van der Waals surface area contributed by atoms with Crippen LogP contribution in [-0.4, -0.2) is 28.7 Å². The number of halogens is 2. The molecule has 4 aromatic rings. The van der Waals surface area contributed by atoms with E-state index in [2.05, 4.69) is 5.32 Å². The number of ether oxygens (including phenoxy) is 2. The number of nitrogens with zero attached hydrogens (tertiary/aromatic N) is 2. The van der Waals surface area contributed by atoms with Crippen LogP contribution in [-0.2, 0) is 0 Å². The van der Waals surface area contributed by atoms with Gasteiger partial charge in [-0.25, -0.2) is 4.98 Å². The Hall–Kier alpha value is -3.98. The average Bonchev–Trinajstić information content (AvgIpc) is 3.47. The number of carbonyl (C=O) groups excluding carboxylic acids is 1. The van der Waals surface area contributed by atoms with E-state index < -0.39 is 6.61 Å². The van der Waals surface area contributed by atoms with E-state index in [1.165, 1.54) is 6.07 Å². The Morgan fingerprint density at radius 1 is 1.14 bits per heavy atom. The third kappa shape index (κ3) is 2.97. The van der Waals surface area contributed by atoms with Crippen molar-refractivity contribution in [3.63, 3.8) is 0 Å². The number of alkyl halides is 2. The van der Waals surface area contributed by atoms with Crippen molar-refractivity contribution in [2.24, 2.45) is 5.73 Å². The van der Waals surface area contributed by atoms with Crippen molar-refractivity contribution in [2.45, 2.75) is 31.2 Å². The van der Waals surface area contributed by atoms with Crippen LogP contribution in [0.5, 0.6) is 11.5 Å². The molecule has 1 amide bonds. The molecule has 0 radical (unpaired) electrons. The van der Waals surface area contributed by atoms with Crippen LogP contribution < -0.4 is 20.5 Å². The normalized spacial score (nSPS) is 21.8. The summed E-state index contributed by atoms with van der Waals surface area (Å²) in [6.07, 6.45) is 0.509. The molecule has 3 atom stereocenters. The Bertz CT molecular complexity index is 1530. The van der Waals surface area contributed by atoms with Gasteiger partial charge in [-0.3, -0.25) is 4.79 Å². The molecular formula is C26H20F2N4O3. The van der Waals surface area contributed by atoms with Crippen molar-refractivity contribution in [1.82, 2.24) is 14.9 Å². The van der Waals surface area contributed by atoms with Crippen LogP contribution in [0.4, 0.5) is 8.78 Å². The molecule has 3 aliphatic heterocycles. The molecule has 7 rings (SSSR count). The zero-order valence-corrected chi connectivity index (χ0v) is 18.4. The van der Waals surface area contributed by atoms with Crippen molar-refractivity contribution in [1.29, 1.82) is 0 Å². The van der Waals surface area contributed by atoms with Gasteiger partial charge < -0.3 is 25.1 Å². The number of nitrogens with two attached hydrogens (primary N) is 1. The van der Waals surface area contributed by atoms with Crippen molar-refractivity contribution in [2.75, 3.05) is 6.61 Å². The Morgan fingerprint density at radius 2 is 1.97 bits per heavy atom. The van der Waals surface area contributed by atoms with Gasteiger partial charge in [-0.2, -0.15) is 8.78 Å². The smallest absolute Gasteiger partial charge is 0.387 e. The molecule has 176 valence electrons. The Morgan fingerprint density at radius 3 is 2.83 bits per heavy atom. The summed E-state index contributed by atoms with van der Waals surface area (Å²) in [6.45, 7) is -2.53. The minimum Gasteiger partial charge on any atom is -0.491 e. The molecule has 0 saturated heterocycles. The van der Waals surface area contributed by atoms with Crippen LogP contribution in [0.25, 0.3) is 22.2 Å². The van der Waals surface area contributed by atoms with Crippen LogP contribution in [0.2, 0.25) is 0 Å². The average molecular weight is 474 g/mol. The maximum Gasteiger partial charge on any atom is 0.387 e. The number of aromatic nitrogens is 2. The second kappa shape index (κ2) is 7.26. The standard InChI is InChI=1S/C26H20F2N4O3/c27-26(28)35-21-3-1-2-15-23(21)20-10-18(31-25(15)33)24-30-17-7-5-12(8-19(17)32(20)24)13-4-6-14-16(29)11-34-22(14)9-13/h1-9,16,18,20,26H,10-11,29H2,(H,31,33)/t16-,18+,20+/m0/s1. The molecule has 3 aromatic carbocycles. The minimum absolute atomic E-state index is 0.0104. The number of nitrogens with one attached hydrogen (secondary N) is 1. The molecule has 3 N–H and O–H groups in total. The predicted octanol–water partition coefficient (Wildman–Crippen LogP) is 4.47. The van der Waals surface area contributed by atoms with Crippen LogP contribution in [0.3, 0.4) is 0 Å². The van der Waals surface area contributed by atoms with Crippen molar-refractivity contribution < 1.29 is 23.0 Å². The van der Waals surface area contributed by atoms with E-state index in [0.29, 0.717) is 30.0 Å². The fraction of sp³-hybridized carbons (Fsp3) is 0.231. The van der Waals surface area contributed by atoms with Crippen molar-refractivity contribution in [3.8, 4) is 22.6 Å². The minimum atomic E-state index is -2.99. The molecule has 1 aromatic heterocycles. The van der Waals surface area contributed by atoms with Gasteiger partial charge in [0.15, 0.2) is 0 Å². The topological polar surface area (TPSA) is 91.4 Å². The first-order chi connectivity index (χ1) is 17.0. The lowest BCUT2D eigenvalue weighted by molar-refractivity contribution is -0.0507. The molecule has 0 unspecified atom stereocenters. The highest BCUT2D eigenvalue weighted by molar-refractivity contribution is 5.98. The fourth-order valence-electron chi connectivity index (χ4n) is 5.60. The molecular weight excluding hydrogens is 454 g/mol. The highest BCUT2D eigenvalue weighted by Gasteiger charge is 2.42. The number of hydrogen-bond acceptors (Lipinski definition) is 5. The summed E-state index contributed by atoms with van der Waals surface area (Å²) < 4.78 is 39.0. The molecule has 0 saturated carbocycles. The molecule has 2 bridgehead atoms. The van der Waals surface area contributed by atoms with Gasteiger partial charge in [-0.15, -0.1) is 0 Å². The fourth-order valence-corrected chi connectivity index (χ4v) is 5.60. The summed E-state index contributed by atoms with van der Waals surface area (Å²) in [4.78, 5) is 17.7. The lowest BCUT2D eigenvalue weighted by atomic mass is 9.97. The summed E-state index contributed by atoms with van der Waals surface area (Å²) in [6, 6.07) is 15.8. The van der Waals surface area contributed by atoms with E-state index >= 15 is 0 Å². The van der Waals surface area contributed by atoms with Crippen LogP contribution in [0, 0.1) is 0 Å². The zero-order chi connectivity index (χ0) is 23.8. The first-order valence-electron chi connectivity index (χ1n) is 11.4. The Labute approximate surface area is 198 Å². The second-order valence-electron chi connectivity index (χ2n) is 9.09.